The lowest BCUT2D eigenvalue weighted by atomic mass is 10.2. The molecule has 0 bridgehead atoms. The number of benzene rings is 1. The van der Waals surface area contributed by atoms with Crippen LogP contribution in [0, 0.1) is 17.0 Å². The van der Waals surface area contributed by atoms with E-state index in [0.717, 1.165) is 4.47 Å². The number of nitro groups is 1. The Bertz CT molecular complexity index is 741. The van der Waals surface area contributed by atoms with Crippen LogP contribution in [0.25, 0.3) is 0 Å². The molecule has 2 aromatic rings. The second-order valence-electron chi connectivity index (χ2n) is 4.32. The Hall–Kier alpha value is -1.47. The molecule has 0 saturated heterocycles. The van der Waals surface area contributed by atoms with Crippen LogP contribution in [0.1, 0.15) is 11.1 Å². The minimum absolute atomic E-state index is 0.0118. The molecule has 0 aliphatic carbocycles. The molecular weight excluding hydrogens is 392 g/mol. The van der Waals surface area contributed by atoms with Crippen molar-refractivity contribution in [2.24, 2.45) is 0 Å². The molecule has 0 spiro atoms. The van der Waals surface area contributed by atoms with Gasteiger partial charge in [-0.05, 0) is 56.5 Å². The minimum Gasteiger partial charge on any atom is -0.310 e. The molecule has 0 fully saturated rings. The molecule has 0 aliphatic heterocycles. The van der Waals surface area contributed by atoms with Gasteiger partial charge in [-0.3, -0.25) is 14.9 Å². The molecule has 1 heterocycles. The molecule has 0 radical (unpaired) electrons. The quantitative estimate of drug-likeness (QED) is 0.582. The minimum atomic E-state index is -0.456. The predicted octanol–water partition coefficient (Wildman–Crippen LogP) is 3.64. The summed E-state index contributed by atoms with van der Waals surface area (Å²) in [6, 6.07) is 6.57. The number of rotatable bonds is 3. The fraction of sp³-hybridized carbons (Fsp3) is 0.154. The lowest BCUT2D eigenvalue weighted by molar-refractivity contribution is -0.385. The lowest BCUT2D eigenvalue weighted by Crippen LogP contribution is -2.22. The van der Waals surface area contributed by atoms with Gasteiger partial charge in [-0.1, -0.05) is 6.07 Å². The van der Waals surface area contributed by atoms with E-state index in [1.165, 1.54) is 10.6 Å². The van der Waals surface area contributed by atoms with Gasteiger partial charge < -0.3 is 4.57 Å². The fourth-order valence-corrected chi connectivity index (χ4v) is 2.83. The number of nitro benzene ring substituents is 1. The molecule has 0 amide bonds. The van der Waals surface area contributed by atoms with Crippen molar-refractivity contribution in [3.8, 4) is 0 Å². The van der Waals surface area contributed by atoms with E-state index in [0.29, 0.717) is 15.6 Å². The summed E-state index contributed by atoms with van der Waals surface area (Å²) >= 11 is 6.47. The van der Waals surface area contributed by atoms with Gasteiger partial charge in [0.2, 0.25) is 0 Å². The summed E-state index contributed by atoms with van der Waals surface area (Å²) in [6.07, 6.45) is 1.67. The van der Waals surface area contributed by atoms with Crippen molar-refractivity contribution in [2.45, 2.75) is 13.5 Å². The van der Waals surface area contributed by atoms with Crippen LogP contribution in [0.2, 0.25) is 0 Å². The third kappa shape index (κ3) is 3.16. The highest BCUT2D eigenvalue weighted by atomic mass is 79.9. The van der Waals surface area contributed by atoms with Crippen LogP contribution >= 0.6 is 31.9 Å². The van der Waals surface area contributed by atoms with Gasteiger partial charge in [0.1, 0.15) is 0 Å². The maximum atomic E-state index is 12.0. The Labute approximate surface area is 131 Å². The molecule has 0 unspecified atom stereocenters. The van der Waals surface area contributed by atoms with Gasteiger partial charge in [0.05, 0.1) is 15.9 Å². The van der Waals surface area contributed by atoms with Gasteiger partial charge in [0, 0.05) is 22.3 Å². The van der Waals surface area contributed by atoms with Crippen molar-refractivity contribution in [1.29, 1.82) is 0 Å². The molecule has 0 N–H and O–H groups in total. The Balaban J connectivity index is 2.43. The average Bonchev–Trinajstić information content (AvgIpc) is 2.37. The molecular formula is C13H10Br2N2O3. The zero-order valence-corrected chi connectivity index (χ0v) is 13.6. The number of halogens is 2. The SMILES string of the molecule is Cc1cc(Br)cn(Cc2ccc(Br)c([N+](=O)[O-])c2)c1=O. The van der Waals surface area contributed by atoms with E-state index in [2.05, 4.69) is 31.9 Å². The standard InChI is InChI=1S/C13H10Br2N2O3/c1-8-4-10(14)7-16(13(8)18)6-9-2-3-11(15)12(5-9)17(19)20/h2-5,7H,6H2,1H3. The summed E-state index contributed by atoms with van der Waals surface area (Å²) in [4.78, 5) is 22.5. The van der Waals surface area contributed by atoms with Crippen molar-refractivity contribution in [3.05, 3.63) is 71.0 Å². The Morgan fingerprint density at radius 1 is 1.30 bits per heavy atom. The second kappa shape index (κ2) is 5.88. The number of nitrogens with zero attached hydrogens (tertiary/aromatic N) is 2. The van der Waals surface area contributed by atoms with Crippen LogP contribution < -0.4 is 5.56 Å². The van der Waals surface area contributed by atoms with Gasteiger partial charge in [-0.15, -0.1) is 0 Å². The molecule has 1 aromatic carbocycles. The van der Waals surface area contributed by atoms with Gasteiger partial charge in [-0.2, -0.15) is 0 Å². The van der Waals surface area contributed by atoms with Crippen LogP contribution in [0.4, 0.5) is 5.69 Å². The van der Waals surface area contributed by atoms with Gasteiger partial charge >= 0.3 is 0 Å². The number of aryl methyl sites for hydroxylation is 1. The fourth-order valence-electron chi connectivity index (χ4n) is 1.85. The summed E-state index contributed by atoms with van der Waals surface area (Å²) in [6.45, 7) is 2.01. The largest absolute Gasteiger partial charge is 0.310 e. The van der Waals surface area contributed by atoms with Crippen molar-refractivity contribution in [3.63, 3.8) is 0 Å². The lowest BCUT2D eigenvalue weighted by Gasteiger charge is -2.08. The van der Waals surface area contributed by atoms with E-state index < -0.39 is 4.92 Å². The van der Waals surface area contributed by atoms with Crippen LogP contribution in [-0.2, 0) is 6.54 Å². The highest BCUT2D eigenvalue weighted by Crippen LogP contribution is 2.25. The van der Waals surface area contributed by atoms with Gasteiger partial charge in [0.15, 0.2) is 0 Å². The molecule has 0 saturated carbocycles. The van der Waals surface area contributed by atoms with E-state index in [1.54, 1.807) is 31.3 Å². The number of aromatic nitrogens is 1. The van der Waals surface area contributed by atoms with Crippen molar-refractivity contribution in [2.75, 3.05) is 0 Å². The van der Waals surface area contributed by atoms with Crippen molar-refractivity contribution < 1.29 is 4.92 Å². The van der Waals surface area contributed by atoms with Crippen LogP contribution in [-0.4, -0.2) is 9.49 Å². The van der Waals surface area contributed by atoms with Crippen molar-refractivity contribution in [1.82, 2.24) is 4.57 Å². The van der Waals surface area contributed by atoms with E-state index in [-0.39, 0.29) is 17.8 Å². The van der Waals surface area contributed by atoms with Gasteiger partial charge in [-0.25, -0.2) is 0 Å². The predicted molar refractivity (Wildman–Crippen MR) is 83.0 cm³/mol. The van der Waals surface area contributed by atoms with Crippen molar-refractivity contribution >= 4 is 37.5 Å². The van der Waals surface area contributed by atoms with E-state index in [9.17, 15) is 14.9 Å². The maximum Gasteiger partial charge on any atom is 0.283 e. The first-order valence-corrected chi connectivity index (χ1v) is 7.26. The summed E-state index contributed by atoms with van der Waals surface area (Å²) < 4.78 is 2.73. The topological polar surface area (TPSA) is 65.1 Å². The summed E-state index contributed by atoms with van der Waals surface area (Å²) in [5.74, 6) is 0. The molecule has 0 aliphatic rings. The monoisotopic (exact) mass is 400 g/mol. The second-order valence-corrected chi connectivity index (χ2v) is 6.09. The first-order valence-electron chi connectivity index (χ1n) is 5.68. The molecule has 104 valence electrons. The molecule has 7 heteroatoms. The molecule has 1 aromatic heterocycles. The maximum absolute atomic E-state index is 12.0. The zero-order valence-electron chi connectivity index (χ0n) is 10.5. The smallest absolute Gasteiger partial charge is 0.283 e. The highest BCUT2D eigenvalue weighted by Gasteiger charge is 2.13. The first kappa shape index (κ1) is 14.9. The first-order chi connectivity index (χ1) is 9.38. The van der Waals surface area contributed by atoms with Crippen LogP contribution in [0.5, 0.6) is 0 Å². The normalized spacial score (nSPS) is 10.6. The van der Waals surface area contributed by atoms with Crippen LogP contribution in [0.15, 0.2) is 44.2 Å². The summed E-state index contributed by atoms with van der Waals surface area (Å²) in [7, 11) is 0. The van der Waals surface area contributed by atoms with Gasteiger partial charge in [0.25, 0.3) is 11.2 Å². The zero-order chi connectivity index (χ0) is 14.9. The van der Waals surface area contributed by atoms with E-state index >= 15 is 0 Å². The third-order valence-corrected chi connectivity index (χ3v) is 3.90. The highest BCUT2D eigenvalue weighted by molar-refractivity contribution is 9.10. The Kier molecular flexibility index (Phi) is 4.39. The van der Waals surface area contributed by atoms with E-state index in [4.69, 9.17) is 0 Å². The van der Waals surface area contributed by atoms with E-state index in [1.807, 2.05) is 0 Å². The third-order valence-electron chi connectivity index (χ3n) is 2.79. The number of hydrogen-bond acceptors (Lipinski definition) is 3. The average molecular weight is 402 g/mol. The van der Waals surface area contributed by atoms with Crippen LogP contribution in [0.3, 0.4) is 0 Å². The summed E-state index contributed by atoms with van der Waals surface area (Å²) in [5, 5.41) is 10.9. The Morgan fingerprint density at radius 3 is 2.65 bits per heavy atom. The molecule has 20 heavy (non-hydrogen) atoms. The number of pyridine rings is 1. The number of hydrogen-bond donors (Lipinski definition) is 0. The molecule has 0 atom stereocenters. The summed E-state index contributed by atoms with van der Waals surface area (Å²) in [5.41, 5.74) is 1.19. The molecule has 2 rings (SSSR count). The Morgan fingerprint density at radius 2 is 2.00 bits per heavy atom. The molecule has 5 nitrogen and oxygen atoms in total.